The first-order chi connectivity index (χ1) is 7.54. The maximum Gasteiger partial charge on any atom is 0.261 e. The molecule has 0 bridgehead atoms. The molecule has 0 aromatic carbocycles. The van der Waals surface area contributed by atoms with E-state index in [4.69, 9.17) is 9.84 Å². The zero-order valence-electron chi connectivity index (χ0n) is 9.12. The molecule has 16 heavy (non-hydrogen) atoms. The van der Waals surface area contributed by atoms with Crippen LogP contribution in [0.5, 0.6) is 5.75 Å². The molecule has 0 fully saturated rings. The molecule has 1 heterocycles. The van der Waals surface area contributed by atoms with E-state index in [2.05, 4.69) is 21.2 Å². The summed E-state index contributed by atoms with van der Waals surface area (Å²) in [5.74, 6) is 0.514. The summed E-state index contributed by atoms with van der Waals surface area (Å²) in [6.45, 7) is 2.16. The second kappa shape index (κ2) is 6.22. The average molecular weight is 308 g/mol. The van der Waals surface area contributed by atoms with Crippen LogP contribution in [0.25, 0.3) is 0 Å². The fourth-order valence-electron chi connectivity index (χ4n) is 1.08. The summed E-state index contributed by atoms with van der Waals surface area (Å²) in [5, 5.41) is 11.8. The van der Waals surface area contributed by atoms with E-state index >= 15 is 0 Å². The van der Waals surface area contributed by atoms with Crippen LogP contribution < -0.4 is 10.1 Å². The van der Waals surface area contributed by atoms with E-state index in [1.165, 1.54) is 11.3 Å². The number of hydrogen-bond donors (Lipinski definition) is 2. The van der Waals surface area contributed by atoms with Crippen molar-refractivity contribution in [2.45, 2.75) is 19.4 Å². The topological polar surface area (TPSA) is 58.6 Å². The van der Waals surface area contributed by atoms with E-state index in [1.54, 1.807) is 20.1 Å². The minimum absolute atomic E-state index is 0.144. The van der Waals surface area contributed by atoms with Crippen LogP contribution in [0.4, 0.5) is 0 Å². The van der Waals surface area contributed by atoms with E-state index in [-0.39, 0.29) is 5.91 Å². The predicted octanol–water partition coefficient (Wildman–Crippen LogP) is 2.02. The van der Waals surface area contributed by atoms with Crippen molar-refractivity contribution in [1.82, 2.24) is 5.32 Å². The third-order valence-corrected chi connectivity index (χ3v) is 3.73. The minimum Gasteiger partial charge on any atom is -0.495 e. The van der Waals surface area contributed by atoms with Crippen LogP contribution in [0.1, 0.15) is 23.0 Å². The molecule has 1 rings (SSSR count). The largest absolute Gasteiger partial charge is 0.495 e. The van der Waals surface area contributed by atoms with Crippen molar-refractivity contribution in [1.29, 1.82) is 0 Å². The number of aliphatic hydroxyl groups is 1. The van der Waals surface area contributed by atoms with Crippen LogP contribution in [-0.4, -0.2) is 30.8 Å². The summed E-state index contributed by atoms with van der Waals surface area (Å²) in [6, 6.07) is 1.69. The molecule has 0 aliphatic carbocycles. The van der Waals surface area contributed by atoms with Gasteiger partial charge in [0.05, 0.1) is 18.1 Å². The molecule has 1 unspecified atom stereocenters. The van der Waals surface area contributed by atoms with Gasteiger partial charge in [-0.25, -0.2) is 0 Å². The lowest BCUT2D eigenvalue weighted by molar-refractivity contribution is 0.0949. The number of rotatable bonds is 5. The lowest BCUT2D eigenvalue weighted by Gasteiger charge is -2.04. The first-order valence-electron chi connectivity index (χ1n) is 4.84. The number of aliphatic hydroxyl groups excluding tert-OH is 1. The predicted molar refractivity (Wildman–Crippen MR) is 67.2 cm³/mol. The number of carbonyl (C=O) groups excluding carboxylic acids is 1. The standard InChI is InChI=1S/C10H14BrNO3S/c1-6(13)3-4-12-10(14)8-5-7(15-2)9(11)16-8/h5-6,13H,3-4H2,1-2H3,(H,12,14). The van der Waals surface area contributed by atoms with Gasteiger partial charge in [0.2, 0.25) is 0 Å². The molecule has 1 amide bonds. The fourth-order valence-corrected chi connectivity index (χ4v) is 2.65. The molecule has 4 nitrogen and oxygen atoms in total. The lowest BCUT2D eigenvalue weighted by atomic mass is 10.3. The highest BCUT2D eigenvalue weighted by molar-refractivity contribution is 9.11. The smallest absolute Gasteiger partial charge is 0.261 e. The van der Waals surface area contributed by atoms with Gasteiger partial charge in [0.15, 0.2) is 0 Å². The second-order valence-corrected chi connectivity index (χ2v) is 5.72. The van der Waals surface area contributed by atoms with Crippen molar-refractivity contribution >= 4 is 33.2 Å². The number of ether oxygens (including phenoxy) is 1. The van der Waals surface area contributed by atoms with Crippen molar-refractivity contribution in [3.63, 3.8) is 0 Å². The van der Waals surface area contributed by atoms with Gasteiger partial charge in [-0.1, -0.05) is 0 Å². The zero-order chi connectivity index (χ0) is 12.1. The number of thiophene rings is 1. The molecule has 90 valence electrons. The second-order valence-electron chi connectivity index (χ2n) is 3.35. The first kappa shape index (κ1) is 13.5. The highest BCUT2D eigenvalue weighted by atomic mass is 79.9. The molecule has 0 aliphatic rings. The molecule has 1 atom stereocenters. The van der Waals surface area contributed by atoms with Crippen LogP contribution in [0, 0.1) is 0 Å². The Bertz CT molecular complexity index is 365. The van der Waals surface area contributed by atoms with Gasteiger partial charge >= 0.3 is 0 Å². The number of methoxy groups -OCH3 is 1. The third-order valence-electron chi connectivity index (χ3n) is 1.95. The Morgan fingerprint density at radius 1 is 1.75 bits per heavy atom. The van der Waals surface area contributed by atoms with E-state index in [0.717, 1.165) is 3.79 Å². The zero-order valence-corrected chi connectivity index (χ0v) is 11.5. The SMILES string of the molecule is COc1cc(C(=O)NCCC(C)O)sc1Br. The first-order valence-corrected chi connectivity index (χ1v) is 6.45. The number of nitrogens with one attached hydrogen (secondary N) is 1. The van der Waals surface area contributed by atoms with E-state index in [9.17, 15) is 4.79 Å². The number of amides is 1. The maximum absolute atomic E-state index is 11.6. The van der Waals surface area contributed by atoms with Gasteiger partial charge in [0, 0.05) is 12.6 Å². The van der Waals surface area contributed by atoms with E-state index < -0.39 is 6.10 Å². The number of carbonyl (C=O) groups is 1. The van der Waals surface area contributed by atoms with Gasteiger partial charge in [-0.15, -0.1) is 11.3 Å². The monoisotopic (exact) mass is 307 g/mol. The summed E-state index contributed by atoms with van der Waals surface area (Å²) >= 11 is 4.63. The molecule has 2 N–H and O–H groups in total. The van der Waals surface area contributed by atoms with Gasteiger partial charge in [-0.2, -0.15) is 0 Å². The summed E-state index contributed by atoms with van der Waals surface area (Å²) in [7, 11) is 1.56. The van der Waals surface area contributed by atoms with Crippen molar-refractivity contribution in [3.05, 3.63) is 14.7 Å². The molecule has 0 aliphatic heterocycles. The Labute approximate surface area is 107 Å². The fraction of sp³-hybridized carbons (Fsp3) is 0.500. The van der Waals surface area contributed by atoms with Gasteiger partial charge in [0.1, 0.15) is 9.54 Å². The van der Waals surface area contributed by atoms with Gasteiger partial charge in [-0.3, -0.25) is 4.79 Å². The average Bonchev–Trinajstić information content (AvgIpc) is 2.59. The molecule has 1 aromatic heterocycles. The molecule has 0 radical (unpaired) electrons. The van der Waals surface area contributed by atoms with Crippen molar-refractivity contribution in [2.75, 3.05) is 13.7 Å². The van der Waals surface area contributed by atoms with Crippen LogP contribution in [0.15, 0.2) is 9.85 Å². The number of halogens is 1. The maximum atomic E-state index is 11.6. The third kappa shape index (κ3) is 3.77. The highest BCUT2D eigenvalue weighted by Crippen LogP contribution is 2.34. The van der Waals surface area contributed by atoms with Crippen LogP contribution in [-0.2, 0) is 0 Å². The van der Waals surface area contributed by atoms with Crippen LogP contribution in [0.2, 0.25) is 0 Å². The quantitative estimate of drug-likeness (QED) is 0.875. The van der Waals surface area contributed by atoms with Gasteiger partial charge < -0.3 is 15.2 Å². The molecule has 0 saturated carbocycles. The molecular weight excluding hydrogens is 294 g/mol. The molecule has 1 aromatic rings. The van der Waals surface area contributed by atoms with Crippen molar-refractivity contribution in [3.8, 4) is 5.75 Å². The van der Waals surface area contributed by atoms with E-state index in [1.807, 2.05) is 0 Å². The summed E-state index contributed by atoms with van der Waals surface area (Å²) < 4.78 is 5.86. The Kier molecular flexibility index (Phi) is 5.24. The normalized spacial score (nSPS) is 12.2. The Balaban J connectivity index is 2.52. The Morgan fingerprint density at radius 3 is 2.94 bits per heavy atom. The Hall–Kier alpha value is -0.590. The summed E-state index contributed by atoms with van der Waals surface area (Å²) in [6.07, 6.45) is 0.153. The van der Waals surface area contributed by atoms with Crippen molar-refractivity contribution < 1.29 is 14.6 Å². The van der Waals surface area contributed by atoms with Gasteiger partial charge in [-0.05, 0) is 29.3 Å². The molecule has 6 heteroatoms. The summed E-state index contributed by atoms with van der Waals surface area (Å²) in [4.78, 5) is 12.2. The molecule has 0 saturated heterocycles. The van der Waals surface area contributed by atoms with Crippen LogP contribution >= 0.6 is 27.3 Å². The highest BCUT2D eigenvalue weighted by Gasteiger charge is 2.13. The minimum atomic E-state index is -0.398. The molecule has 0 spiro atoms. The Morgan fingerprint density at radius 2 is 2.44 bits per heavy atom. The van der Waals surface area contributed by atoms with E-state index in [0.29, 0.717) is 23.6 Å². The number of hydrogen-bond acceptors (Lipinski definition) is 4. The van der Waals surface area contributed by atoms with Gasteiger partial charge in [0.25, 0.3) is 5.91 Å². The lowest BCUT2D eigenvalue weighted by Crippen LogP contribution is -2.25. The summed E-state index contributed by atoms with van der Waals surface area (Å²) in [5.41, 5.74) is 0. The van der Waals surface area contributed by atoms with Crippen LogP contribution in [0.3, 0.4) is 0 Å². The van der Waals surface area contributed by atoms with Crippen molar-refractivity contribution in [2.24, 2.45) is 0 Å². The molecular formula is C10H14BrNO3S.